The van der Waals surface area contributed by atoms with E-state index in [1.807, 2.05) is 12.1 Å². The average Bonchev–Trinajstić information content (AvgIpc) is 3.65. The number of benzene rings is 9. The standard InChI is InChI=1S/C58H38N4/c1-4-16-39(17-5-1)41-28-32-43(33-29-41)55-59-56(44-34-30-42(31-35-44)40-18-6-2-7-19-40)61-57(60-55)45-36-37-52-54(38-45)62(46-20-8-3-9-21-46)53-27-15-14-26-51(53)58(52)49-24-12-10-22-47(49)48-23-11-13-25-50(48)58/h1-38H. The van der Waals surface area contributed by atoms with Gasteiger partial charge in [-0.2, -0.15) is 0 Å². The highest BCUT2D eigenvalue weighted by molar-refractivity contribution is 5.96. The summed E-state index contributed by atoms with van der Waals surface area (Å²) < 4.78 is 0. The average molecular weight is 791 g/mol. The van der Waals surface area contributed by atoms with E-state index < -0.39 is 5.41 Å². The summed E-state index contributed by atoms with van der Waals surface area (Å²) in [6, 6.07) is 82.2. The molecular formula is C58H38N4. The summed E-state index contributed by atoms with van der Waals surface area (Å²) in [5.74, 6) is 1.85. The van der Waals surface area contributed by atoms with E-state index in [0.717, 1.165) is 44.9 Å². The molecule has 9 aromatic carbocycles. The van der Waals surface area contributed by atoms with Crippen LogP contribution in [0.15, 0.2) is 231 Å². The van der Waals surface area contributed by atoms with E-state index in [1.165, 1.54) is 44.5 Å². The molecule has 12 rings (SSSR count). The van der Waals surface area contributed by atoms with Crippen molar-refractivity contribution in [3.63, 3.8) is 0 Å². The van der Waals surface area contributed by atoms with E-state index in [4.69, 9.17) is 15.0 Å². The first-order valence-electron chi connectivity index (χ1n) is 21.1. The van der Waals surface area contributed by atoms with Crippen molar-refractivity contribution in [3.8, 4) is 67.5 Å². The highest BCUT2D eigenvalue weighted by Crippen LogP contribution is 2.63. The van der Waals surface area contributed by atoms with Gasteiger partial charge >= 0.3 is 0 Å². The fourth-order valence-electron chi connectivity index (χ4n) is 9.75. The van der Waals surface area contributed by atoms with E-state index in [-0.39, 0.29) is 0 Å². The molecule has 1 aliphatic heterocycles. The number of nitrogens with zero attached hydrogens (tertiary/aromatic N) is 4. The van der Waals surface area contributed by atoms with Crippen molar-refractivity contribution in [3.05, 3.63) is 253 Å². The third kappa shape index (κ3) is 5.65. The van der Waals surface area contributed by atoms with Gasteiger partial charge in [0.05, 0.1) is 16.8 Å². The van der Waals surface area contributed by atoms with Crippen LogP contribution in [0.3, 0.4) is 0 Å². The Morgan fingerprint density at radius 1 is 0.274 bits per heavy atom. The molecular weight excluding hydrogens is 753 g/mol. The molecule has 290 valence electrons. The number of anilines is 3. The summed E-state index contributed by atoms with van der Waals surface area (Å²) in [7, 11) is 0. The molecule has 0 N–H and O–H groups in total. The summed E-state index contributed by atoms with van der Waals surface area (Å²) in [4.78, 5) is 18.1. The van der Waals surface area contributed by atoms with Crippen molar-refractivity contribution >= 4 is 17.1 Å². The Morgan fingerprint density at radius 2 is 0.645 bits per heavy atom. The van der Waals surface area contributed by atoms with Crippen molar-refractivity contribution < 1.29 is 0 Å². The smallest absolute Gasteiger partial charge is 0.164 e. The molecule has 1 spiro atoms. The molecule has 4 nitrogen and oxygen atoms in total. The Morgan fingerprint density at radius 3 is 1.18 bits per heavy atom. The van der Waals surface area contributed by atoms with Gasteiger partial charge < -0.3 is 4.90 Å². The summed E-state index contributed by atoms with van der Waals surface area (Å²) in [6.07, 6.45) is 0. The van der Waals surface area contributed by atoms with Gasteiger partial charge in [-0.1, -0.05) is 206 Å². The molecule has 4 heteroatoms. The third-order valence-corrected chi connectivity index (χ3v) is 12.6. The Bertz CT molecular complexity index is 3120. The van der Waals surface area contributed by atoms with Crippen LogP contribution < -0.4 is 4.90 Å². The largest absolute Gasteiger partial charge is 0.310 e. The van der Waals surface area contributed by atoms with Crippen molar-refractivity contribution in [1.29, 1.82) is 0 Å². The minimum atomic E-state index is -0.542. The van der Waals surface area contributed by atoms with Crippen LogP contribution in [0, 0.1) is 0 Å². The molecule has 0 bridgehead atoms. The number of hydrogen-bond acceptors (Lipinski definition) is 4. The van der Waals surface area contributed by atoms with Crippen LogP contribution in [0.5, 0.6) is 0 Å². The van der Waals surface area contributed by atoms with Gasteiger partial charge in [0.15, 0.2) is 17.5 Å². The zero-order chi connectivity index (χ0) is 41.0. The number of hydrogen-bond donors (Lipinski definition) is 0. The lowest BCUT2D eigenvalue weighted by Gasteiger charge is -2.45. The Hall–Kier alpha value is -8.21. The van der Waals surface area contributed by atoms with E-state index in [2.05, 4.69) is 223 Å². The molecule has 62 heavy (non-hydrogen) atoms. The van der Waals surface area contributed by atoms with Crippen LogP contribution in [0.4, 0.5) is 17.1 Å². The summed E-state index contributed by atoms with van der Waals surface area (Å²) in [6.45, 7) is 0. The summed E-state index contributed by atoms with van der Waals surface area (Å²) in [5.41, 5.74) is 17.7. The SMILES string of the molecule is c1ccc(-c2ccc(-c3nc(-c4ccc(-c5ccccc5)cc4)nc(-c4ccc5c(c4)N(c4ccccc4)c4ccccc4C54c5ccccc5-c5ccccc54)n3)cc2)cc1. The van der Waals surface area contributed by atoms with Crippen molar-refractivity contribution in [1.82, 2.24) is 15.0 Å². The van der Waals surface area contributed by atoms with Gasteiger partial charge in [-0.25, -0.2) is 15.0 Å². The Labute approximate surface area is 361 Å². The maximum absolute atomic E-state index is 5.28. The van der Waals surface area contributed by atoms with E-state index in [9.17, 15) is 0 Å². The minimum Gasteiger partial charge on any atom is -0.310 e. The number of fused-ring (bicyclic) bond motifs is 9. The molecule has 0 fully saturated rings. The highest BCUT2D eigenvalue weighted by Gasteiger charge is 2.51. The monoisotopic (exact) mass is 790 g/mol. The second-order valence-electron chi connectivity index (χ2n) is 16.0. The molecule has 1 aliphatic carbocycles. The predicted molar refractivity (Wildman–Crippen MR) is 253 cm³/mol. The lowest BCUT2D eigenvalue weighted by atomic mass is 9.64. The fourth-order valence-corrected chi connectivity index (χ4v) is 9.75. The fraction of sp³-hybridized carbons (Fsp3) is 0.0172. The van der Waals surface area contributed by atoms with Crippen LogP contribution in [0.1, 0.15) is 22.3 Å². The maximum Gasteiger partial charge on any atom is 0.164 e. The Kier molecular flexibility index (Phi) is 8.36. The van der Waals surface area contributed by atoms with Gasteiger partial charge in [-0.15, -0.1) is 0 Å². The van der Waals surface area contributed by atoms with E-state index in [1.54, 1.807) is 0 Å². The van der Waals surface area contributed by atoms with E-state index in [0.29, 0.717) is 17.5 Å². The van der Waals surface area contributed by atoms with Crippen LogP contribution in [0.25, 0.3) is 67.5 Å². The number of para-hydroxylation sites is 2. The molecule has 0 unspecified atom stereocenters. The number of rotatable bonds is 6. The molecule has 0 saturated carbocycles. The molecule has 2 heterocycles. The van der Waals surface area contributed by atoms with Crippen molar-refractivity contribution in [2.75, 3.05) is 4.90 Å². The van der Waals surface area contributed by atoms with Crippen LogP contribution in [-0.4, -0.2) is 15.0 Å². The number of aromatic nitrogens is 3. The molecule has 2 aliphatic rings. The molecule has 0 atom stereocenters. The zero-order valence-corrected chi connectivity index (χ0v) is 33.7. The predicted octanol–water partition coefficient (Wildman–Crippen LogP) is 14.4. The quantitative estimate of drug-likeness (QED) is 0.168. The van der Waals surface area contributed by atoms with Crippen molar-refractivity contribution in [2.45, 2.75) is 5.41 Å². The van der Waals surface area contributed by atoms with Crippen LogP contribution >= 0.6 is 0 Å². The lowest BCUT2D eigenvalue weighted by molar-refractivity contribution is 0.752. The minimum absolute atomic E-state index is 0.542. The van der Waals surface area contributed by atoms with E-state index >= 15 is 0 Å². The Balaban J connectivity index is 1.07. The van der Waals surface area contributed by atoms with Crippen molar-refractivity contribution in [2.24, 2.45) is 0 Å². The van der Waals surface area contributed by atoms with Gasteiger partial charge in [-0.05, 0) is 79.9 Å². The van der Waals surface area contributed by atoms with Gasteiger partial charge in [0.25, 0.3) is 0 Å². The first-order valence-corrected chi connectivity index (χ1v) is 21.1. The second-order valence-corrected chi connectivity index (χ2v) is 16.0. The van der Waals surface area contributed by atoms with Gasteiger partial charge in [0.1, 0.15) is 0 Å². The third-order valence-electron chi connectivity index (χ3n) is 12.6. The first-order chi connectivity index (χ1) is 30.7. The normalized spacial score (nSPS) is 12.9. The second kappa shape index (κ2) is 14.5. The highest BCUT2D eigenvalue weighted by atomic mass is 15.2. The topological polar surface area (TPSA) is 41.9 Å². The lowest BCUT2D eigenvalue weighted by Crippen LogP contribution is -2.36. The van der Waals surface area contributed by atoms with Gasteiger partial charge in [0.2, 0.25) is 0 Å². The van der Waals surface area contributed by atoms with Crippen LogP contribution in [0.2, 0.25) is 0 Å². The molecule has 0 amide bonds. The molecule has 0 radical (unpaired) electrons. The summed E-state index contributed by atoms with van der Waals surface area (Å²) in [5, 5.41) is 0. The van der Waals surface area contributed by atoms with Gasteiger partial charge in [0, 0.05) is 22.4 Å². The maximum atomic E-state index is 5.28. The molecule has 10 aromatic rings. The molecule has 0 saturated heterocycles. The first kappa shape index (κ1) is 35.7. The van der Waals surface area contributed by atoms with Gasteiger partial charge in [-0.3, -0.25) is 0 Å². The molecule has 1 aromatic heterocycles. The van der Waals surface area contributed by atoms with Crippen LogP contribution in [-0.2, 0) is 5.41 Å². The zero-order valence-electron chi connectivity index (χ0n) is 33.7. The summed E-state index contributed by atoms with van der Waals surface area (Å²) >= 11 is 0.